The lowest BCUT2D eigenvalue weighted by atomic mass is 10.3. The van der Waals surface area contributed by atoms with Gasteiger partial charge in [-0.1, -0.05) is 6.92 Å². The lowest BCUT2D eigenvalue weighted by Crippen LogP contribution is -2.38. The van der Waals surface area contributed by atoms with E-state index in [9.17, 15) is 10.1 Å². The van der Waals surface area contributed by atoms with Crippen LogP contribution < -0.4 is 10.1 Å². The minimum absolute atomic E-state index is 0.0504. The Morgan fingerprint density at radius 3 is 2.94 bits per heavy atom. The van der Waals surface area contributed by atoms with Crippen molar-refractivity contribution in [3.05, 3.63) is 22.2 Å². The van der Waals surface area contributed by atoms with Crippen LogP contribution >= 0.6 is 0 Å². The molecule has 0 atom stereocenters. The molecule has 7 heteroatoms. The molecular formula is C11H15N3O4. The first kappa shape index (κ1) is 12.6. The van der Waals surface area contributed by atoms with Gasteiger partial charge in [-0.25, -0.2) is 0 Å². The molecule has 7 nitrogen and oxygen atoms in total. The molecule has 1 fully saturated rings. The summed E-state index contributed by atoms with van der Waals surface area (Å²) in [5.74, 6) is 0.632. The number of hydrogen-bond donors (Lipinski definition) is 1. The topological polar surface area (TPSA) is 86.5 Å². The molecule has 0 amide bonds. The standard InChI is InChI=1S/C11H15N3O4/c1-2-5-12-10-4-3-9(14(15)16)11(13-10)18-8-6-17-7-8/h3-4,8H,2,5-7H2,1H3,(H,12,13). The summed E-state index contributed by atoms with van der Waals surface area (Å²) in [5.41, 5.74) is -0.121. The zero-order valence-electron chi connectivity index (χ0n) is 10.1. The van der Waals surface area contributed by atoms with Crippen LogP contribution in [-0.4, -0.2) is 35.8 Å². The molecule has 0 bridgehead atoms. The Labute approximate surface area is 104 Å². The van der Waals surface area contributed by atoms with Gasteiger partial charge >= 0.3 is 5.69 Å². The van der Waals surface area contributed by atoms with Crippen molar-refractivity contribution in [1.29, 1.82) is 0 Å². The largest absolute Gasteiger partial charge is 0.465 e. The first-order valence-electron chi connectivity index (χ1n) is 5.84. The van der Waals surface area contributed by atoms with Crippen LogP contribution in [0.3, 0.4) is 0 Å². The molecule has 0 saturated carbocycles. The molecule has 1 aromatic heterocycles. The second-order valence-corrected chi connectivity index (χ2v) is 3.98. The van der Waals surface area contributed by atoms with Crippen LogP contribution in [0.4, 0.5) is 11.5 Å². The third kappa shape index (κ3) is 2.86. The average Bonchev–Trinajstić information content (AvgIpc) is 2.31. The van der Waals surface area contributed by atoms with Gasteiger partial charge in [-0.05, 0) is 12.5 Å². The van der Waals surface area contributed by atoms with Gasteiger partial charge in [0, 0.05) is 12.6 Å². The zero-order chi connectivity index (χ0) is 13.0. The van der Waals surface area contributed by atoms with Crippen LogP contribution in [0.15, 0.2) is 12.1 Å². The highest BCUT2D eigenvalue weighted by molar-refractivity contribution is 5.49. The molecule has 18 heavy (non-hydrogen) atoms. The molecule has 1 saturated heterocycles. The number of hydrogen-bond acceptors (Lipinski definition) is 6. The summed E-state index contributed by atoms with van der Waals surface area (Å²) in [5, 5.41) is 13.9. The Balaban J connectivity index is 2.16. The van der Waals surface area contributed by atoms with E-state index in [0.717, 1.165) is 13.0 Å². The molecule has 0 radical (unpaired) electrons. The monoisotopic (exact) mass is 253 g/mol. The molecule has 0 aliphatic carbocycles. The maximum atomic E-state index is 10.9. The highest BCUT2D eigenvalue weighted by atomic mass is 16.6. The fraction of sp³-hybridized carbons (Fsp3) is 0.545. The summed E-state index contributed by atoms with van der Waals surface area (Å²) in [6, 6.07) is 2.98. The number of nitro groups is 1. The van der Waals surface area contributed by atoms with Gasteiger partial charge in [0.25, 0.3) is 5.88 Å². The van der Waals surface area contributed by atoms with Crippen molar-refractivity contribution in [2.24, 2.45) is 0 Å². The molecule has 1 aliphatic heterocycles. The molecule has 1 N–H and O–H groups in total. The van der Waals surface area contributed by atoms with Crippen molar-refractivity contribution in [1.82, 2.24) is 4.98 Å². The van der Waals surface area contributed by atoms with Crippen LogP contribution in [0.5, 0.6) is 5.88 Å². The van der Waals surface area contributed by atoms with Gasteiger partial charge in [0.1, 0.15) is 11.9 Å². The fourth-order valence-corrected chi connectivity index (χ4v) is 1.45. The third-order valence-corrected chi connectivity index (χ3v) is 2.48. The van der Waals surface area contributed by atoms with E-state index in [0.29, 0.717) is 19.0 Å². The van der Waals surface area contributed by atoms with Crippen LogP contribution in [0.25, 0.3) is 0 Å². The van der Waals surface area contributed by atoms with Gasteiger partial charge in [-0.3, -0.25) is 10.1 Å². The minimum Gasteiger partial charge on any atom is -0.465 e. The van der Waals surface area contributed by atoms with E-state index in [1.54, 1.807) is 6.07 Å². The van der Waals surface area contributed by atoms with Crippen LogP contribution in [0, 0.1) is 10.1 Å². The summed E-state index contributed by atoms with van der Waals surface area (Å²) in [7, 11) is 0. The Hall–Kier alpha value is -1.89. The molecule has 1 aliphatic rings. The van der Waals surface area contributed by atoms with E-state index in [-0.39, 0.29) is 17.7 Å². The summed E-state index contributed by atoms with van der Waals surface area (Å²) < 4.78 is 10.4. The van der Waals surface area contributed by atoms with Crippen molar-refractivity contribution in [2.75, 3.05) is 25.1 Å². The normalized spacial score (nSPS) is 14.9. The van der Waals surface area contributed by atoms with Gasteiger partial charge < -0.3 is 14.8 Å². The Morgan fingerprint density at radius 2 is 2.39 bits per heavy atom. The van der Waals surface area contributed by atoms with E-state index in [1.165, 1.54) is 6.07 Å². The van der Waals surface area contributed by atoms with Gasteiger partial charge in [0.2, 0.25) is 0 Å². The predicted molar refractivity (Wildman–Crippen MR) is 64.9 cm³/mol. The molecule has 0 aromatic carbocycles. The maximum absolute atomic E-state index is 10.9. The summed E-state index contributed by atoms with van der Waals surface area (Å²) in [6.45, 7) is 3.69. The molecule has 1 aromatic rings. The lowest BCUT2D eigenvalue weighted by molar-refractivity contribution is -0.386. The van der Waals surface area contributed by atoms with E-state index in [1.807, 2.05) is 6.92 Å². The second-order valence-electron chi connectivity index (χ2n) is 3.98. The number of nitrogens with zero attached hydrogens (tertiary/aromatic N) is 2. The van der Waals surface area contributed by atoms with Gasteiger partial charge in [-0.2, -0.15) is 4.98 Å². The first-order chi connectivity index (χ1) is 8.70. The average molecular weight is 253 g/mol. The fourth-order valence-electron chi connectivity index (χ4n) is 1.45. The number of nitrogens with one attached hydrogen (secondary N) is 1. The molecule has 2 heterocycles. The molecular weight excluding hydrogens is 238 g/mol. The lowest BCUT2D eigenvalue weighted by Gasteiger charge is -2.25. The SMILES string of the molecule is CCCNc1ccc([N+](=O)[O-])c(OC2COC2)n1. The molecule has 2 rings (SSSR count). The summed E-state index contributed by atoms with van der Waals surface area (Å²) in [4.78, 5) is 14.5. The van der Waals surface area contributed by atoms with Crippen LogP contribution in [0.1, 0.15) is 13.3 Å². The molecule has 98 valence electrons. The molecule has 0 spiro atoms. The summed E-state index contributed by atoms with van der Waals surface area (Å²) in [6.07, 6.45) is 0.809. The number of aromatic nitrogens is 1. The first-order valence-corrected chi connectivity index (χ1v) is 5.84. The number of anilines is 1. The van der Waals surface area contributed by atoms with E-state index in [4.69, 9.17) is 9.47 Å². The van der Waals surface area contributed by atoms with E-state index >= 15 is 0 Å². The highest BCUT2D eigenvalue weighted by Gasteiger charge is 2.26. The highest BCUT2D eigenvalue weighted by Crippen LogP contribution is 2.28. The molecule has 0 unspecified atom stereocenters. The number of ether oxygens (including phenoxy) is 2. The maximum Gasteiger partial charge on any atom is 0.331 e. The minimum atomic E-state index is -0.495. The van der Waals surface area contributed by atoms with Gasteiger partial charge in [-0.15, -0.1) is 0 Å². The van der Waals surface area contributed by atoms with E-state index < -0.39 is 4.92 Å². The van der Waals surface area contributed by atoms with Crippen molar-refractivity contribution in [2.45, 2.75) is 19.4 Å². The number of pyridine rings is 1. The predicted octanol–water partition coefficient (Wildman–Crippen LogP) is 1.59. The van der Waals surface area contributed by atoms with Gasteiger partial charge in [0.05, 0.1) is 18.1 Å². The second kappa shape index (κ2) is 5.63. The van der Waals surface area contributed by atoms with Crippen molar-refractivity contribution in [3.8, 4) is 5.88 Å². The quantitative estimate of drug-likeness (QED) is 0.612. The van der Waals surface area contributed by atoms with Crippen LogP contribution in [-0.2, 0) is 4.74 Å². The Kier molecular flexibility index (Phi) is 3.93. The van der Waals surface area contributed by atoms with Crippen molar-refractivity contribution >= 4 is 11.5 Å². The number of rotatable bonds is 6. The Bertz CT molecular complexity index is 434. The Morgan fingerprint density at radius 1 is 1.61 bits per heavy atom. The van der Waals surface area contributed by atoms with Crippen molar-refractivity contribution < 1.29 is 14.4 Å². The smallest absolute Gasteiger partial charge is 0.331 e. The van der Waals surface area contributed by atoms with Gasteiger partial charge in [0.15, 0.2) is 0 Å². The van der Waals surface area contributed by atoms with Crippen LogP contribution in [0.2, 0.25) is 0 Å². The van der Waals surface area contributed by atoms with Crippen molar-refractivity contribution in [3.63, 3.8) is 0 Å². The zero-order valence-corrected chi connectivity index (χ0v) is 10.1. The third-order valence-electron chi connectivity index (χ3n) is 2.48. The van der Waals surface area contributed by atoms with E-state index in [2.05, 4.69) is 10.3 Å². The summed E-state index contributed by atoms with van der Waals surface area (Å²) >= 11 is 0.